The first-order valence-electron chi connectivity index (χ1n) is 13.6. The number of rotatable bonds is 4. The molecule has 3 aromatic rings. The molecule has 0 saturated carbocycles. The van der Waals surface area contributed by atoms with Gasteiger partial charge in [0.1, 0.15) is 22.8 Å². The van der Waals surface area contributed by atoms with Crippen LogP contribution in [0.2, 0.25) is 0 Å². The molecule has 0 atom stereocenters. The van der Waals surface area contributed by atoms with Crippen molar-refractivity contribution >= 4 is 40.8 Å². The molecule has 210 valence electrons. The van der Waals surface area contributed by atoms with Crippen LogP contribution in [0.15, 0.2) is 47.0 Å². The van der Waals surface area contributed by atoms with Crippen molar-refractivity contribution in [1.29, 1.82) is 0 Å². The van der Waals surface area contributed by atoms with Gasteiger partial charge in [-0.15, -0.1) is 0 Å². The summed E-state index contributed by atoms with van der Waals surface area (Å²) >= 11 is 0. The molecule has 2 aliphatic rings. The molecule has 1 fully saturated rings. The number of hydrogen-bond acceptors (Lipinski definition) is 6. The number of aromatic nitrogens is 1. The second-order valence-electron chi connectivity index (χ2n) is 11.8. The standard InChI is InChI=1S/C31H36N4O5/c1-20-23-8-6-7-9-24(23)39-25(20)19-34(5)26(36)11-10-21-16-22-17-31(28(37)33-27(22)32-18-21)12-14-35(15-13-31)29(38)40-30(2,3)4/h6-11,16,18H,12-15,17,19H2,1-5H3,(H,32,33,37). The highest BCUT2D eigenvalue weighted by atomic mass is 16.6. The van der Waals surface area contributed by atoms with E-state index in [9.17, 15) is 14.4 Å². The number of piperidine rings is 1. The van der Waals surface area contributed by atoms with E-state index in [1.54, 1.807) is 29.1 Å². The number of likely N-dealkylation sites (tertiary alicyclic amines) is 1. The summed E-state index contributed by atoms with van der Waals surface area (Å²) in [4.78, 5) is 46.2. The highest BCUT2D eigenvalue weighted by molar-refractivity contribution is 5.98. The van der Waals surface area contributed by atoms with E-state index < -0.39 is 11.0 Å². The number of nitrogens with zero attached hydrogens (tertiary/aromatic N) is 3. The van der Waals surface area contributed by atoms with Crippen LogP contribution in [0, 0.1) is 12.3 Å². The Morgan fingerprint density at radius 2 is 1.95 bits per heavy atom. The monoisotopic (exact) mass is 544 g/mol. The third-order valence-electron chi connectivity index (χ3n) is 7.72. The van der Waals surface area contributed by atoms with Gasteiger partial charge in [0.05, 0.1) is 12.0 Å². The van der Waals surface area contributed by atoms with E-state index in [0.717, 1.165) is 33.4 Å². The Hall–Kier alpha value is -4.14. The minimum Gasteiger partial charge on any atom is -0.459 e. The first kappa shape index (κ1) is 27.4. The highest BCUT2D eigenvalue weighted by Gasteiger charge is 2.46. The number of anilines is 1. The normalized spacial score (nSPS) is 16.7. The molecule has 9 nitrogen and oxygen atoms in total. The molecular weight excluding hydrogens is 508 g/mol. The Kier molecular flexibility index (Phi) is 7.16. The SMILES string of the molecule is Cc1c(CN(C)C(=O)C=Cc2cnc3c(c2)CC2(CCN(C(=O)OC(C)(C)C)CC2)C(=O)N3)oc2ccccc12. The first-order valence-corrected chi connectivity index (χ1v) is 13.6. The van der Waals surface area contributed by atoms with E-state index >= 15 is 0 Å². The zero-order chi connectivity index (χ0) is 28.7. The highest BCUT2D eigenvalue weighted by Crippen LogP contribution is 2.41. The van der Waals surface area contributed by atoms with Crippen molar-refractivity contribution in [2.45, 2.75) is 59.1 Å². The van der Waals surface area contributed by atoms with Crippen molar-refractivity contribution in [3.05, 3.63) is 65.1 Å². The van der Waals surface area contributed by atoms with Crippen molar-refractivity contribution in [2.24, 2.45) is 5.41 Å². The second-order valence-corrected chi connectivity index (χ2v) is 11.8. The lowest BCUT2D eigenvalue weighted by atomic mass is 9.71. The van der Waals surface area contributed by atoms with Gasteiger partial charge in [-0.2, -0.15) is 0 Å². The van der Waals surface area contributed by atoms with Crippen LogP contribution < -0.4 is 5.32 Å². The minimum absolute atomic E-state index is 0.0580. The van der Waals surface area contributed by atoms with Crippen molar-refractivity contribution < 1.29 is 23.5 Å². The number of furan rings is 1. The summed E-state index contributed by atoms with van der Waals surface area (Å²) in [7, 11) is 1.74. The average molecular weight is 545 g/mol. The van der Waals surface area contributed by atoms with Crippen LogP contribution >= 0.6 is 0 Å². The van der Waals surface area contributed by atoms with E-state index in [-0.39, 0.29) is 17.9 Å². The summed E-state index contributed by atoms with van der Waals surface area (Å²) in [5.41, 5.74) is 2.38. The number of hydrogen-bond donors (Lipinski definition) is 1. The molecule has 3 amide bonds. The topological polar surface area (TPSA) is 105 Å². The molecule has 2 aliphatic heterocycles. The number of carbonyl (C=O) groups excluding carboxylic acids is 3. The summed E-state index contributed by atoms with van der Waals surface area (Å²) in [6.07, 6.45) is 6.19. The molecule has 1 spiro atoms. The molecule has 1 N–H and O–H groups in total. The summed E-state index contributed by atoms with van der Waals surface area (Å²) in [6.45, 7) is 8.80. The van der Waals surface area contributed by atoms with Crippen LogP contribution in [-0.2, 0) is 27.3 Å². The number of aryl methyl sites for hydroxylation is 1. The average Bonchev–Trinajstić information content (AvgIpc) is 3.22. The fraction of sp³-hybridized carbons (Fsp3) is 0.419. The van der Waals surface area contributed by atoms with Crippen LogP contribution in [0.25, 0.3) is 17.0 Å². The fourth-order valence-electron chi connectivity index (χ4n) is 5.36. The molecule has 40 heavy (non-hydrogen) atoms. The maximum Gasteiger partial charge on any atom is 0.410 e. The van der Waals surface area contributed by atoms with E-state index in [1.165, 1.54) is 6.08 Å². The molecule has 0 unspecified atom stereocenters. The Labute approximate surface area is 234 Å². The van der Waals surface area contributed by atoms with Gasteiger partial charge in [-0.3, -0.25) is 9.59 Å². The van der Waals surface area contributed by atoms with E-state index in [0.29, 0.717) is 44.7 Å². The quantitative estimate of drug-likeness (QED) is 0.446. The van der Waals surface area contributed by atoms with Crippen molar-refractivity contribution in [3.8, 4) is 0 Å². The molecular formula is C31H36N4O5. The summed E-state index contributed by atoms with van der Waals surface area (Å²) in [6, 6.07) is 9.81. The minimum atomic E-state index is -0.601. The maximum absolute atomic E-state index is 13.1. The van der Waals surface area contributed by atoms with Crippen LogP contribution in [0.1, 0.15) is 56.1 Å². The Morgan fingerprint density at radius 1 is 1.23 bits per heavy atom. The van der Waals surface area contributed by atoms with Gasteiger partial charge in [-0.25, -0.2) is 9.78 Å². The van der Waals surface area contributed by atoms with Gasteiger partial charge in [0.2, 0.25) is 11.8 Å². The van der Waals surface area contributed by atoms with Crippen molar-refractivity contribution in [1.82, 2.24) is 14.8 Å². The number of ether oxygens (including phenoxy) is 1. The van der Waals surface area contributed by atoms with Crippen LogP contribution in [0.5, 0.6) is 0 Å². The van der Waals surface area contributed by atoms with Crippen LogP contribution in [0.4, 0.5) is 10.6 Å². The van der Waals surface area contributed by atoms with E-state index in [1.807, 2.05) is 58.0 Å². The molecule has 0 aliphatic carbocycles. The molecule has 4 heterocycles. The smallest absolute Gasteiger partial charge is 0.410 e. The van der Waals surface area contributed by atoms with Crippen LogP contribution in [0.3, 0.4) is 0 Å². The van der Waals surface area contributed by atoms with Gasteiger partial charge in [0, 0.05) is 43.4 Å². The van der Waals surface area contributed by atoms with Gasteiger partial charge >= 0.3 is 6.09 Å². The lowest BCUT2D eigenvalue weighted by Crippen LogP contribution is -2.51. The Balaban J connectivity index is 1.24. The van der Waals surface area contributed by atoms with Gasteiger partial charge in [0.25, 0.3) is 0 Å². The van der Waals surface area contributed by atoms with Gasteiger partial charge in [-0.05, 0) is 76.3 Å². The molecule has 1 saturated heterocycles. The number of carbonyl (C=O) groups is 3. The zero-order valence-corrected chi connectivity index (χ0v) is 23.7. The molecule has 9 heteroatoms. The molecule has 1 aromatic carbocycles. The number of fused-ring (bicyclic) bond motifs is 2. The number of amides is 3. The summed E-state index contributed by atoms with van der Waals surface area (Å²) in [5.74, 6) is 1.10. The molecule has 2 aromatic heterocycles. The number of pyridine rings is 1. The number of likely N-dealkylation sites (N-methyl/N-ethyl adjacent to an activating group) is 1. The van der Waals surface area contributed by atoms with E-state index in [4.69, 9.17) is 9.15 Å². The third-order valence-corrected chi connectivity index (χ3v) is 7.72. The predicted molar refractivity (Wildman–Crippen MR) is 153 cm³/mol. The van der Waals surface area contributed by atoms with Gasteiger partial charge in [-0.1, -0.05) is 18.2 Å². The lowest BCUT2D eigenvalue weighted by Gasteiger charge is -2.43. The molecule has 5 rings (SSSR count). The molecule has 0 radical (unpaired) electrons. The third kappa shape index (κ3) is 5.59. The van der Waals surface area contributed by atoms with E-state index in [2.05, 4.69) is 10.3 Å². The Bertz CT molecular complexity index is 1490. The number of nitrogens with one attached hydrogen (secondary N) is 1. The van der Waals surface area contributed by atoms with Crippen molar-refractivity contribution in [2.75, 3.05) is 25.5 Å². The van der Waals surface area contributed by atoms with Crippen LogP contribution in [-0.4, -0.2) is 58.4 Å². The summed E-state index contributed by atoms with van der Waals surface area (Å²) < 4.78 is 11.5. The molecule has 0 bridgehead atoms. The second kappa shape index (κ2) is 10.4. The van der Waals surface area contributed by atoms with Crippen molar-refractivity contribution in [3.63, 3.8) is 0 Å². The number of benzene rings is 1. The largest absolute Gasteiger partial charge is 0.459 e. The Morgan fingerprint density at radius 3 is 2.65 bits per heavy atom. The van der Waals surface area contributed by atoms with Gasteiger partial charge < -0.3 is 24.3 Å². The zero-order valence-electron chi connectivity index (χ0n) is 23.7. The predicted octanol–water partition coefficient (Wildman–Crippen LogP) is 5.32. The fourth-order valence-corrected chi connectivity index (χ4v) is 5.36. The van der Waals surface area contributed by atoms with Gasteiger partial charge in [0.15, 0.2) is 0 Å². The first-order chi connectivity index (χ1) is 18.9. The lowest BCUT2D eigenvalue weighted by molar-refractivity contribution is -0.129. The maximum atomic E-state index is 13.1. The number of para-hydroxylation sites is 1. The summed E-state index contributed by atoms with van der Waals surface area (Å²) in [5, 5.41) is 4.01.